The largest absolute Gasteiger partial charge is 0.336 e. The van der Waals surface area contributed by atoms with Crippen LogP contribution in [-0.4, -0.2) is 12.1 Å². The van der Waals surface area contributed by atoms with Crippen LogP contribution in [0, 0.1) is 0 Å². The Balaban J connectivity index is 2.45. The molecule has 1 unspecified atom stereocenters. The Hall–Kier alpha value is -0.930. The molecule has 0 radical (unpaired) electrons. The lowest BCUT2D eigenvalue weighted by Crippen LogP contribution is -2.40. The molecule has 1 rings (SSSR count). The zero-order valence-electron chi connectivity index (χ0n) is 9.89. The summed E-state index contributed by atoms with van der Waals surface area (Å²) >= 11 is 11.7. The van der Waals surface area contributed by atoms with Gasteiger partial charge >= 0.3 is 6.03 Å². The van der Waals surface area contributed by atoms with Gasteiger partial charge < -0.3 is 10.6 Å². The topological polar surface area (TPSA) is 41.1 Å². The van der Waals surface area contributed by atoms with Crippen LogP contribution in [0.1, 0.15) is 25.8 Å². The van der Waals surface area contributed by atoms with Gasteiger partial charge in [-0.1, -0.05) is 36.2 Å². The molecule has 0 fully saturated rings. The lowest BCUT2D eigenvalue weighted by Gasteiger charge is -2.12. The molecule has 0 aliphatic heterocycles. The highest BCUT2D eigenvalue weighted by atomic mass is 35.5. The van der Waals surface area contributed by atoms with Crippen molar-refractivity contribution < 1.29 is 4.79 Å². The monoisotopic (exact) mass is 274 g/mol. The minimum Gasteiger partial charge on any atom is -0.336 e. The van der Waals surface area contributed by atoms with Crippen LogP contribution >= 0.6 is 23.2 Å². The molecule has 5 heteroatoms. The van der Waals surface area contributed by atoms with Crippen LogP contribution in [0.15, 0.2) is 18.2 Å². The fourth-order valence-corrected chi connectivity index (χ4v) is 1.53. The average molecular weight is 275 g/mol. The fraction of sp³-hybridized carbons (Fsp3) is 0.417. The van der Waals surface area contributed by atoms with Gasteiger partial charge in [0.25, 0.3) is 0 Å². The number of hydrogen-bond donors (Lipinski definition) is 2. The molecule has 1 aromatic rings. The second-order valence-electron chi connectivity index (χ2n) is 3.88. The van der Waals surface area contributed by atoms with E-state index in [2.05, 4.69) is 10.6 Å². The standard InChI is InChI=1S/C12H16Cl2N2O/c1-3-8(2)16-12(17)15-7-9-4-5-10(13)11(14)6-9/h4-6,8H,3,7H2,1-2H3,(H2,15,16,17). The number of halogens is 2. The molecule has 0 aromatic heterocycles. The summed E-state index contributed by atoms with van der Waals surface area (Å²) in [7, 11) is 0. The first kappa shape index (κ1) is 14.1. The van der Waals surface area contributed by atoms with Crippen LogP contribution in [-0.2, 0) is 6.54 Å². The second kappa shape index (κ2) is 6.72. The van der Waals surface area contributed by atoms with Crippen LogP contribution in [0.25, 0.3) is 0 Å². The molecular formula is C12H16Cl2N2O. The van der Waals surface area contributed by atoms with Crippen molar-refractivity contribution in [2.45, 2.75) is 32.9 Å². The van der Waals surface area contributed by atoms with Gasteiger partial charge in [0.05, 0.1) is 10.0 Å². The third-order valence-electron chi connectivity index (χ3n) is 2.43. The van der Waals surface area contributed by atoms with Gasteiger partial charge in [-0.15, -0.1) is 0 Å². The van der Waals surface area contributed by atoms with E-state index in [1.54, 1.807) is 12.1 Å². The first-order valence-corrected chi connectivity index (χ1v) is 6.26. The first-order valence-electron chi connectivity index (χ1n) is 5.51. The lowest BCUT2D eigenvalue weighted by molar-refractivity contribution is 0.237. The summed E-state index contributed by atoms with van der Waals surface area (Å²) < 4.78 is 0. The predicted octanol–water partition coefficient (Wildman–Crippen LogP) is 3.59. The normalized spacial score (nSPS) is 12.0. The van der Waals surface area contributed by atoms with E-state index in [9.17, 15) is 4.79 Å². The summed E-state index contributed by atoms with van der Waals surface area (Å²) in [6, 6.07) is 5.28. The number of rotatable bonds is 4. The number of nitrogens with one attached hydrogen (secondary N) is 2. The van der Waals surface area contributed by atoms with Crippen molar-refractivity contribution >= 4 is 29.2 Å². The van der Waals surface area contributed by atoms with E-state index in [-0.39, 0.29) is 12.1 Å². The molecule has 0 bridgehead atoms. The molecule has 1 atom stereocenters. The molecular weight excluding hydrogens is 259 g/mol. The molecule has 0 spiro atoms. The molecule has 0 saturated heterocycles. The maximum atomic E-state index is 11.5. The van der Waals surface area contributed by atoms with E-state index < -0.39 is 0 Å². The van der Waals surface area contributed by atoms with Crippen molar-refractivity contribution in [2.75, 3.05) is 0 Å². The molecule has 0 aliphatic carbocycles. The van der Waals surface area contributed by atoms with Crippen molar-refractivity contribution in [3.63, 3.8) is 0 Å². The second-order valence-corrected chi connectivity index (χ2v) is 4.70. The highest BCUT2D eigenvalue weighted by Crippen LogP contribution is 2.22. The van der Waals surface area contributed by atoms with E-state index in [1.807, 2.05) is 19.9 Å². The Morgan fingerprint density at radius 1 is 1.35 bits per heavy atom. The summed E-state index contributed by atoms with van der Waals surface area (Å²) in [5.41, 5.74) is 0.915. The van der Waals surface area contributed by atoms with Gasteiger partial charge in [0.15, 0.2) is 0 Å². The number of amides is 2. The minimum absolute atomic E-state index is 0.170. The molecule has 3 nitrogen and oxygen atoms in total. The average Bonchev–Trinajstić information content (AvgIpc) is 2.30. The molecule has 94 valence electrons. The van der Waals surface area contributed by atoms with Crippen LogP contribution in [0.5, 0.6) is 0 Å². The molecule has 0 aliphatic rings. The number of carbonyl (C=O) groups is 1. The van der Waals surface area contributed by atoms with Gasteiger partial charge in [-0.25, -0.2) is 4.79 Å². The van der Waals surface area contributed by atoms with Gasteiger partial charge in [-0.3, -0.25) is 0 Å². The van der Waals surface area contributed by atoms with Gasteiger partial charge in [0.1, 0.15) is 0 Å². The molecule has 1 aromatic carbocycles. The summed E-state index contributed by atoms with van der Waals surface area (Å²) in [6.07, 6.45) is 0.903. The molecule has 0 heterocycles. The van der Waals surface area contributed by atoms with Gasteiger partial charge in [-0.05, 0) is 31.0 Å². The van der Waals surface area contributed by atoms with E-state index in [0.717, 1.165) is 12.0 Å². The molecule has 2 N–H and O–H groups in total. The van der Waals surface area contributed by atoms with Crippen molar-refractivity contribution in [3.05, 3.63) is 33.8 Å². The van der Waals surface area contributed by atoms with Crippen molar-refractivity contribution in [1.82, 2.24) is 10.6 Å². The maximum Gasteiger partial charge on any atom is 0.315 e. The molecule has 17 heavy (non-hydrogen) atoms. The lowest BCUT2D eigenvalue weighted by atomic mass is 10.2. The van der Waals surface area contributed by atoms with Gasteiger partial charge in [-0.2, -0.15) is 0 Å². The van der Waals surface area contributed by atoms with Crippen molar-refractivity contribution in [1.29, 1.82) is 0 Å². The van der Waals surface area contributed by atoms with Crippen LogP contribution in [0.2, 0.25) is 10.0 Å². The van der Waals surface area contributed by atoms with Crippen molar-refractivity contribution in [3.8, 4) is 0 Å². The fourth-order valence-electron chi connectivity index (χ4n) is 1.21. The summed E-state index contributed by atoms with van der Waals surface area (Å²) in [5.74, 6) is 0. The van der Waals surface area contributed by atoms with E-state index in [1.165, 1.54) is 0 Å². The molecule has 2 amide bonds. The number of urea groups is 1. The highest BCUT2D eigenvalue weighted by Gasteiger charge is 2.05. The summed E-state index contributed by atoms with van der Waals surface area (Å²) in [4.78, 5) is 11.5. The quantitative estimate of drug-likeness (QED) is 0.866. The Morgan fingerprint density at radius 2 is 2.06 bits per heavy atom. The Morgan fingerprint density at radius 3 is 2.65 bits per heavy atom. The first-order chi connectivity index (χ1) is 8.02. The Labute approximate surface area is 111 Å². The third kappa shape index (κ3) is 4.84. The Bertz CT molecular complexity index is 396. The Kier molecular flexibility index (Phi) is 5.59. The summed E-state index contributed by atoms with van der Waals surface area (Å²) in [6.45, 7) is 4.40. The van der Waals surface area contributed by atoms with Gasteiger partial charge in [0, 0.05) is 12.6 Å². The molecule has 0 saturated carbocycles. The zero-order valence-corrected chi connectivity index (χ0v) is 11.4. The minimum atomic E-state index is -0.176. The van der Waals surface area contributed by atoms with Crippen LogP contribution < -0.4 is 10.6 Å². The van der Waals surface area contributed by atoms with Gasteiger partial charge in [0.2, 0.25) is 0 Å². The third-order valence-corrected chi connectivity index (χ3v) is 3.17. The number of benzene rings is 1. The number of hydrogen-bond acceptors (Lipinski definition) is 1. The maximum absolute atomic E-state index is 11.5. The van der Waals surface area contributed by atoms with E-state index >= 15 is 0 Å². The SMILES string of the molecule is CCC(C)NC(=O)NCc1ccc(Cl)c(Cl)c1. The van der Waals surface area contributed by atoms with Crippen LogP contribution in [0.4, 0.5) is 4.79 Å². The predicted molar refractivity (Wildman–Crippen MR) is 71.6 cm³/mol. The van der Waals surface area contributed by atoms with Crippen molar-refractivity contribution in [2.24, 2.45) is 0 Å². The number of carbonyl (C=O) groups excluding carboxylic acids is 1. The van der Waals surface area contributed by atoms with E-state index in [4.69, 9.17) is 23.2 Å². The summed E-state index contributed by atoms with van der Waals surface area (Å²) in [5, 5.41) is 6.58. The van der Waals surface area contributed by atoms with E-state index in [0.29, 0.717) is 16.6 Å². The van der Waals surface area contributed by atoms with Crippen LogP contribution in [0.3, 0.4) is 0 Å². The smallest absolute Gasteiger partial charge is 0.315 e. The highest BCUT2D eigenvalue weighted by molar-refractivity contribution is 6.42. The zero-order chi connectivity index (χ0) is 12.8.